The van der Waals surface area contributed by atoms with E-state index in [1.807, 2.05) is 11.6 Å². The average Bonchev–Trinajstić information content (AvgIpc) is 3.18. The van der Waals surface area contributed by atoms with Gasteiger partial charge in [0.05, 0.1) is 30.6 Å². The van der Waals surface area contributed by atoms with Gasteiger partial charge in [-0.25, -0.2) is 4.68 Å². The van der Waals surface area contributed by atoms with Gasteiger partial charge in [-0.05, 0) is 25.1 Å². The number of ether oxygens (including phenoxy) is 3. The van der Waals surface area contributed by atoms with Gasteiger partial charge in [-0.15, -0.1) is 5.10 Å². The number of aromatic nitrogens is 3. The van der Waals surface area contributed by atoms with Crippen molar-refractivity contribution in [1.82, 2.24) is 20.3 Å². The smallest absolute Gasteiger partial charge is 0.251 e. The highest BCUT2D eigenvalue weighted by Gasteiger charge is 2.23. The SMILES string of the molecule is Cc1nnn2c1COC(CNC(=O)c1ccc3c(c1)OCO3)C2. The second-order valence-electron chi connectivity index (χ2n) is 5.51. The van der Waals surface area contributed by atoms with Gasteiger partial charge in [0.25, 0.3) is 5.91 Å². The molecule has 4 rings (SSSR count). The van der Waals surface area contributed by atoms with E-state index in [-0.39, 0.29) is 18.8 Å². The Labute approximate surface area is 132 Å². The second kappa shape index (κ2) is 5.54. The molecule has 1 amide bonds. The lowest BCUT2D eigenvalue weighted by Gasteiger charge is -2.24. The Morgan fingerprint density at radius 2 is 2.26 bits per heavy atom. The molecule has 0 aliphatic carbocycles. The van der Waals surface area contributed by atoms with Crippen LogP contribution in [-0.4, -0.2) is 40.3 Å². The van der Waals surface area contributed by atoms with E-state index >= 15 is 0 Å². The van der Waals surface area contributed by atoms with Crippen LogP contribution in [0.25, 0.3) is 0 Å². The highest BCUT2D eigenvalue weighted by atomic mass is 16.7. The zero-order valence-electron chi connectivity index (χ0n) is 12.6. The largest absolute Gasteiger partial charge is 0.454 e. The molecule has 8 heteroatoms. The minimum Gasteiger partial charge on any atom is -0.454 e. The maximum absolute atomic E-state index is 12.2. The van der Waals surface area contributed by atoms with E-state index < -0.39 is 0 Å². The molecule has 3 heterocycles. The second-order valence-corrected chi connectivity index (χ2v) is 5.51. The summed E-state index contributed by atoms with van der Waals surface area (Å²) in [6, 6.07) is 5.13. The molecule has 0 spiro atoms. The molecule has 2 aliphatic heterocycles. The summed E-state index contributed by atoms with van der Waals surface area (Å²) in [5.41, 5.74) is 2.40. The Balaban J connectivity index is 1.37. The third-order valence-corrected chi connectivity index (χ3v) is 3.99. The van der Waals surface area contributed by atoms with Crippen LogP contribution in [0.4, 0.5) is 0 Å². The zero-order valence-corrected chi connectivity index (χ0v) is 12.6. The molecular formula is C15H16N4O4. The van der Waals surface area contributed by atoms with E-state index in [1.165, 1.54) is 0 Å². The maximum atomic E-state index is 12.2. The number of benzene rings is 1. The van der Waals surface area contributed by atoms with Crippen molar-refractivity contribution in [2.45, 2.75) is 26.2 Å². The molecule has 0 saturated heterocycles. The molecule has 0 radical (unpaired) electrons. The lowest BCUT2D eigenvalue weighted by atomic mass is 10.2. The molecule has 0 bridgehead atoms. The van der Waals surface area contributed by atoms with Crippen LogP contribution in [0.2, 0.25) is 0 Å². The zero-order chi connectivity index (χ0) is 15.8. The minimum atomic E-state index is -0.174. The first-order valence-corrected chi connectivity index (χ1v) is 7.39. The highest BCUT2D eigenvalue weighted by Crippen LogP contribution is 2.32. The number of carbonyl (C=O) groups is 1. The van der Waals surface area contributed by atoms with Gasteiger partial charge in [-0.3, -0.25) is 4.79 Å². The molecule has 0 fully saturated rings. The van der Waals surface area contributed by atoms with Gasteiger partial charge in [0.15, 0.2) is 11.5 Å². The number of hydrogen-bond donors (Lipinski definition) is 1. The van der Waals surface area contributed by atoms with E-state index in [4.69, 9.17) is 14.2 Å². The van der Waals surface area contributed by atoms with Crippen LogP contribution in [0.5, 0.6) is 11.5 Å². The fourth-order valence-electron chi connectivity index (χ4n) is 2.66. The molecule has 8 nitrogen and oxygen atoms in total. The molecule has 120 valence electrons. The summed E-state index contributed by atoms with van der Waals surface area (Å²) in [5.74, 6) is 1.08. The molecule has 23 heavy (non-hydrogen) atoms. The Bertz CT molecular complexity index is 758. The number of nitrogens with zero attached hydrogens (tertiary/aromatic N) is 3. The van der Waals surface area contributed by atoms with Crippen molar-refractivity contribution in [3.8, 4) is 11.5 Å². The van der Waals surface area contributed by atoms with Gasteiger partial charge >= 0.3 is 0 Å². The first kappa shape index (κ1) is 14.0. The minimum absolute atomic E-state index is 0.124. The molecule has 2 aliphatic rings. The third kappa shape index (κ3) is 2.61. The molecular weight excluding hydrogens is 300 g/mol. The Morgan fingerprint density at radius 1 is 1.39 bits per heavy atom. The molecule has 1 aromatic carbocycles. The monoisotopic (exact) mass is 316 g/mol. The molecule has 1 atom stereocenters. The summed E-state index contributed by atoms with van der Waals surface area (Å²) in [6.07, 6.45) is -0.124. The molecule has 1 N–H and O–H groups in total. The number of hydrogen-bond acceptors (Lipinski definition) is 6. The maximum Gasteiger partial charge on any atom is 0.251 e. The fraction of sp³-hybridized carbons (Fsp3) is 0.400. The van der Waals surface area contributed by atoms with Gasteiger partial charge in [0, 0.05) is 12.1 Å². The van der Waals surface area contributed by atoms with Crippen molar-refractivity contribution in [1.29, 1.82) is 0 Å². The Hall–Kier alpha value is -2.61. The van der Waals surface area contributed by atoms with Crippen molar-refractivity contribution in [2.24, 2.45) is 0 Å². The standard InChI is InChI=1S/C15H16N4O4/c1-9-12-7-21-11(6-19(12)18-17-9)5-16-15(20)10-2-3-13-14(4-10)23-8-22-13/h2-4,11H,5-8H2,1H3,(H,16,20). The van der Waals surface area contributed by atoms with Gasteiger partial charge in [0.1, 0.15) is 0 Å². The lowest BCUT2D eigenvalue weighted by molar-refractivity contribution is 0.00122. The van der Waals surface area contributed by atoms with E-state index in [0.717, 1.165) is 11.4 Å². The van der Waals surface area contributed by atoms with Gasteiger partial charge in [-0.2, -0.15) is 0 Å². The number of carbonyl (C=O) groups excluding carboxylic acids is 1. The normalized spacial score (nSPS) is 18.6. The topological polar surface area (TPSA) is 87.5 Å². The van der Waals surface area contributed by atoms with Crippen molar-refractivity contribution in [3.05, 3.63) is 35.2 Å². The summed E-state index contributed by atoms with van der Waals surface area (Å²) in [4.78, 5) is 12.2. The lowest BCUT2D eigenvalue weighted by Crippen LogP contribution is -2.39. The molecule has 1 unspecified atom stereocenters. The Morgan fingerprint density at radius 3 is 3.17 bits per heavy atom. The summed E-state index contributed by atoms with van der Waals surface area (Å²) >= 11 is 0. The first-order valence-electron chi connectivity index (χ1n) is 7.39. The average molecular weight is 316 g/mol. The number of aryl methyl sites for hydroxylation is 1. The molecule has 0 saturated carbocycles. The number of fused-ring (bicyclic) bond motifs is 2. The van der Waals surface area contributed by atoms with Crippen LogP contribution >= 0.6 is 0 Å². The van der Waals surface area contributed by atoms with E-state index in [9.17, 15) is 4.79 Å². The van der Waals surface area contributed by atoms with Gasteiger partial charge < -0.3 is 19.5 Å². The van der Waals surface area contributed by atoms with Crippen molar-refractivity contribution < 1.29 is 19.0 Å². The van der Waals surface area contributed by atoms with Crippen LogP contribution in [-0.2, 0) is 17.9 Å². The number of amides is 1. The van der Waals surface area contributed by atoms with Crippen molar-refractivity contribution >= 4 is 5.91 Å². The summed E-state index contributed by atoms with van der Waals surface area (Å²) in [5, 5.41) is 11.0. The fourth-order valence-corrected chi connectivity index (χ4v) is 2.66. The van der Waals surface area contributed by atoms with Crippen molar-refractivity contribution in [2.75, 3.05) is 13.3 Å². The van der Waals surface area contributed by atoms with Gasteiger partial charge in [-0.1, -0.05) is 5.21 Å². The summed E-state index contributed by atoms with van der Waals surface area (Å²) in [7, 11) is 0. The van der Waals surface area contributed by atoms with Gasteiger partial charge in [0.2, 0.25) is 6.79 Å². The van der Waals surface area contributed by atoms with Crippen LogP contribution < -0.4 is 14.8 Å². The highest BCUT2D eigenvalue weighted by molar-refractivity contribution is 5.94. The third-order valence-electron chi connectivity index (χ3n) is 3.99. The Kier molecular flexibility index (Phi) is 3.38. The van der Waals surface area contributed by atoms with Crippen LogP contribution in [0.1, 0.15) is 21.7 Å². The predicted molar refractivity (Wildman–Crippen MR) is 78.2 cm³/mol. The first-order chi connectivity index (χ1) is 11.2. The van der Waals surface area contributed by atoms with Crippen LogP contribution in [0.3, 0.4) is 0 Å². The number of rotatable bonds is 3. The van der Waals surface area contributed by atoms with Crippen molar-refractivity contribution in [3.63, 3.8) is 0 Å². The quantitative estimate of drug-likeness (QED) is 0.894. The number of nitrogens with one attached hydrogen (secondary N) is 1. The summed E-state index contributed by atoms with van der Waals surface area (Å²) < 4.78 is 18.1. The molecule has 2 aromatic rings. The van der Waals surface area contributed by atoms with E-state index in [1.54, 1.807) is 18.2 Å². The molecule has 1 aromatic heterocycles. The predicted octanol–water partition coefficient (Wildman–Crippen LogP) is 0.644. The van der Waals surface area contributed by atoms with Crippen LogP contribution in [0.15, 0.2) is 18.2 Å². The van der Waals surface area contributed by atoms with E-state index in [0.29, 0.717) is 36.8 Å². The van der Waals surface area contributed by atoms with E-state index in [2.05, 4.69) is 15.6 Å². The van der Waals surface area contributed by atoms with Crippen LogP contribution in [0, 0.1) is 6.92 Å². The summed E-state index contributed by atoms with van der Waals surface area (Å²) in [6.45, 7) is 3.55.